The molecule has 1 unspecified atom stereocenters. The maximum absolute atomic E-state index is 5.63. The summed E-state index contributed by atoms with van der Waals surface area (Å²) in [7, 11) is 0. The van der Waals surface area contributed by atoms with Crippen LogP contribution in [0.15, 0.2) is 28.7 Å². The van der Waals surface area contributed by atoms with E-state index in [4.69, 9.17) is 9.47 Å². The molecular formula is C14H20BrNO2. The maximum Gasteiger partial charge on any atom is 0.120 e. The zero-order valence-corrected chi connectivity index (χ0v) is 12.1. The summed E-state index contributed by atoms with van der Waals surface area (Å²) in [6.07, 6.45) is 3.84. The molecule has 1 fully saturated rings. The molecule has 0 amide bonds. The lowest BCUT2D eigenvalue weighted by atomic mass is 10.1. The Morgan fingerprint density at radius 2 is 2.22 bits per heavy atom. The van der Waals surface area contributed by atoms with Gasteiger partial charge < -0.3 is 14.8 Å². The summed E-state index contributed by atoms with van der Waals surface area (Å²) in [5, 5.41) is 3.46. The van der Waals surface area contributed by atoms with Crippen molar-refractivity contribution in [1.29, 1.82) is 0 Å². The fourth-order valence-corrected chi connectivity index (χ4v) is 2.45. The number of benzene rings is 1. The highest BCUT2D eigenvalue weighted by atomic mass is 79.9. The first kappa shape index (κ1) is 13.8. The van der Waals surface area contributed by atoms with Crippen LogP contribution in [0.1, 0.15) is 19.3 Å². The van der Waals surface area contributed by atoms with Gasteiger partial charge in [0.05, 0.1) is 13.2 Å². The van der Waals surface area contributed by atoms with E-state index in [0.29, 0.717) is 19.3 Å². The minimum atomic E-state index is 0.532. The largest absolute Gasteiger partial charge is 0.491 e. The topological polar surface area (TPSA) is 30.5 Å². The van der Waals surface area contributed by atoms with E-state index >= 15 is 0 Å². The highest BCUT2D eigenvalue weighted by molar-refractivity contribution is 9.10. The molecule has 0 saturated carbocycles. The van der Waals surface area contributed by atoms with Crippen LogP contribution in [0.4, 0.5) is 0 Å². The number of hydrogen-bond acceptors (Lipinski definition) is 3. The van der Waals surface area contributed by atoms with Crippen LogP contribution in [0.25, 0.3) is 0 Å². The number of piperidine rings is 1. The molecule has 1 atom stereocenters. The maximum atomic E-state index is 5.63. The molecule has 0 aromatic heterocycles. The number of ether oxygens (including phenoxy) is 2. The van der Waals surface area contributed by atoms with Crippen molar-refractivity contribution in [2.75, 3.05) is 26.4 Å². The number of nitrogens with one attached hydrogen (secondary N) is 1. The molecular weight excluding hydrogens is 294 g/mol. The van der Waals surface area contributed by atoms with Gasteiger partial charge in [-0.25, -0.2) is 0 Å². The van der Waals surface area contributed by atoms with Crippen LogP contribution < -0.4 is 10.1 Å². The Morgan fingerprint density at radius 1 is 1.28 bits per heavy atom. The molecule has 3 nitrogen and oxygen atoms in total. The summed E-state index contributed by atoms with van der Waals surface area (Å²) in [4.78, 5) is 0. The van der Waals surface area contributed by atoms with Crippen LogP contribution in [0.5, 0.6) is 5.75 Å². The van der Waals surface area contributed by atoms with E-state index in [1.165, 1.54) is 19.3 Å². The highest BCUT2D eigenvalue weighted by Gasteiger charge is 2.11. The molecule has 1 N–H and O–H groups in total. The summed E-state index contributed by atoms with van der Waals surface area (Å²) < 4.78 is 12.3. The first-order chi connectivity index (χ1) is 8.84. The van der Waals surface area contributed by atoms with Crippen LogP contribution in [-0.4, -0.2) is 32.4 Å². The summed E-state index contributed by atoms with van der Waals surface area (Å²) in [5.74, 6) is 0.878. The molecule has 1 aromatic carbocycles. The quantitative estimate of drug-likeness (QED) is 0.819. The number of rotatable bonds is 6. The molecule has 1 saturated heterocycles. The molecule has 100 valence electrons. The summed E-state index contributed by atoms with van der Waals surface area (Å²) in [6.45, 7) is 3.16. The first-order valence-corrected chi connectivity index (χ1v) is 7.33. The Bertz CT molecular complexity index is 353. The summed E-state index contributed by atoms with van der Waals surface area (Å²) >= 11 is 3.42. The number of hydrogen-bond donors (Lipinski definition) is 1. The van der Waals surface area contributed by atoms with Crippen LogP contribution in [0.3, 0.4) is 0 Å². The second-order valence-electron chi connectivity index (χ2n) is 4.53. The third-order valence-electron chi connectivity index (χ3n) is 3.02. The lowest BCUT2D eigenvalue weighted by Gasteiger charge is -2.23. The highest BCUT2D eigenvalue weighted by Crippen LogP contribution is 2.17. The van der Waals surface area contributed by atoms with Crippen molar-refractivity contribution in [3.05, 3.63) is 28.7 Å². The SMILES string of the molecule is Brc1cccc(OCCOCC2CCCCN2)c1. The standard InChI is InChI=1S/C14H20BrNO2/c15-12-4-3-6-14(10-12)18-9-8-17-11-13-5-1-2-7-16-13/h3-4,6,10,13,16H,1-2,5,7-9,11H2. The van der Waals surface area contributed by atoms with E-state index in [1.807, 2.05) is 24.3 Å². The van der Waals surface area contributed by atoms with Gasteiger partial charge in [-0.05, 0) is 37.6 Å². The van der Waals surface area contributed by atoms with Crippen LogP contribution >= 0.6 is 15.9 Å². The van der Waals surface area contributed by atoms with Gasteiger partial charge in [-0.1, -0.05) is 28.4 Å². The van der Waals surface area contributed by atoms with Gasteiger partial charge >= 0.3 is 0 Å². The summed E-state index contributed by atoms with van der Waals surface area (Å²) in [5.41, 5.74) is 0. The van der Waals surface area contributed by atoms with Gasteiger partial charge in [0.1, 0.15) is 12.4 Å². The Hall–Kier alpha value is -0.580. The van der Waals surface area contributed by atoms with Gasteiger partial charge in [0.2, 0.25) is 0 Å². The lowest BCUT2D eigenvalue weighted by molar-refractivity contribution is 0.0777. The van der Waals surface area contributed by atoms with E-state index in [2.05, 4.69) is 21.2 Å². The van der Waals surface area contributed by atoms with Gasteiger partial charge in [-0.3, -0.25) is 0 Å². The van der Waals surface area contributed by atoms with Gasteiger partial charge in [-0.2, -0.15) is 0 Å². The molecule has 4 heteroatoms. The number of halogens is 1. The fourth-order valence-electron chi connectivity index (χ4n) is 2.07. The Kier molecular flexibility index (Phi) is 5.97. The van der Waals surface area contributed by atoms with E-state index in [0.717, 1.165) is 23.4 Å². The van der Waals surface area contributed by atoms with Gasteiger partial charge in [0.15, 0.2) is 0 Å². The third kappa shape index (κ3) is 4.96. The minimum absolute atomic E-state index is 0.532. The van der Waals surface area contributed by atoms with Crippen LogP contribution in [-0.2, 0) is 4.74 Å². The monoisotopic (exact) mass is 313 g/mol. The predicted molar refractivity (Wildman–Crippen MR) is 76.1 cm³/mol. The molecule has 0 spiro atoms. The smallest absolute Gasteiger partial charge is 0.120 e. The van der Waals surface area contributed by atoms with Crippen molar-refractivity contribution < 1.29 is 9.47 Å². The average molecular weight is 314 g/mol. The van der Waals surface area contributed by atoms with E-state index in [9.17, 15) is 0 Å². The molecule has 0 bridgehead atoms. The van der Waals surface area contributed by atoms with Gasteiger partial charge in [-0.15, -0.1) is 0 Å². The molecule has 1 aromatic rings. The van der Waals surface area contributed by atoms with Crippen molar-refractivity contribution in [3.63, 3.8) is 0 Å². The second-order valence-corrected chi connectivity index (χ2v) is 5.44. The molecule has 1 heterocycles. The molecule has 1 aliphatic rings. The second kappa shape index (κ2) is 7.77. The fraction of sp³-hybridized carbons (Fsp3) is 0.571. The first-order valence-electron chi connectivity index (χ1n) is 6.54. The predicted octanol–water partition coefficient (Wildman–Crippen LogP) is 2.99. The van der Waals surface area contributed by atoms with E-state index < -0.39 is 0 Å². The van der Waals surface area contributed by atoms with Gasteiger partial charge in [0, 0.05) is 10.5 Å². The minimum Gasteiger partial charge on any atom is -0.491 e. The van der Waals surface area contributed by atoms with Gasteiger partial charge in [0.25, 0.3) is 0 Å². The normalized spacial score (nSPS) is 19.7. The van der Waals surface area contributed by atoms with Crippen molar-refractivity contribution in [1.82, 2.24) is 5.32 Å². The molecule has 0 aliphatic carbocycles. The van der Waals surface area contributed by atoms with Crippen molar-refractivity contribution in [3.8, 4) is 5.75 Å². The van der Waals surface area contributed by atoms with Crippen molar-refractivity contribution >= 4 is 15.9 Å². The Balaban J connectivity index is 1.55. The molecule has 1 aliphatic heterocycles. The van der Waals surface area contributed by atoms with Crippen LogP contribution in [0, 0.1) is 0 Å². The van der Waals surface area contributed by atoms with E-state index in [1.54, 1.807) is 0 Å². The Labute approximate surface area is 117 Å². The molecule has 0 radical (unpaired) electrons. The third-order valence-corrected chi connectivity index (χ3v) is 3.52. The lowest BCUT2D eigenvalue weighted by Crippen LogP contribution is -2.37. The zero-order chi connectivity index (χ0) is 12.6. The zero-order valence-electron chi connectivity index (χ0n) is 10.5. The molecule has 2 rings (SSSR count). The van der Waals surface area contributed by atoms with Crippen molar-refractivity contribution in [2.24, 2.45) is 0 Å². The average Bonchev–Trinajstić information content (AvgIpc) is 2.40. The Morgan fingerprint density at radius 3 is 3.00 bits per heavy atom. The van der Waals surface area contributed by atoms with Crippen LogP contribution in [0.2, 0.25) is 0 Å². The molecule has 18 heavy (non-hydrogen) atoms. The van der Waals surface area contributed by atoms with E-state index in [-0.39, 0.29) is 0 Å². The summed E-state index contributed by atoms with van der Waals surface area (Å²) in [6, 6.07) is 8.39. The van der Waals surface area contributed by atoms with Crippen molar-refractivity contribution in [2.45, 2.75) is 25.3 Å².